The molecule has 16 heavy (non-hydrogen) atoms. The number of rotatable bonds is 4. The molecule has 1 aromatic rings. The molecule has 4 nitrogen and oxygen atoms in total. The normalized spacial score (nSPS) is 11.1. The third-order valence-electron chi connectivity index (χ3n) is 1.75. The van der Waals surface area contributed by atoms with E-state index in [1.54, 1.807) is 0 Å². The molecule has 0 saturated heterocycles. The molecule has 0 radical (unpaired) electrons. The Balaban J connectivity index is 2.73. The van der Waals surface area contributed by atoms with E-state index < -0.39 is 27.4 Å². The van der Waals surface area contributed by atoms with Crippen LogP contribution in [0, 0.1) is 23.0 Å². The van der Waals surface area contributed by atoms with Gasteiger partial charge in [-0.05, 0) is 6.07 Å². The van der Waals surface area contributed by atoms with E-state index in [0.29, 0.717) is 6.07 Å². The number of benzene rings is 1. The molecule has 1 aromatic carbocycles. The number of halogens is 2. The van der Waals surface area contributed by atoms with Gasteiger partial charge in [-0.1, -0.05) is 6.07 Å². The number of sulfonamides is 1. The Hall–Kier alpha value is -1.52. The molecule has 0 atom stereocenters. The number of nitriles is 1. The minimum atomic E-state index is -3.73. The van der Waals surface area contributed by atoms with Gasteiger partial charge >= 0.3 is 0 Å². The van der Waals surface area contributed by atoms with Crippen molar-refractivity contribution < 1.29 is 17.2 Å². The van der Waals surface area contributed by atoms with Crippen LogP contribution in [0.5, 0.6) is 0 Å². The van der Waals surface area contributed by atoms with Crippen LogP contribution in [0.1, 0.15) is 5.56 Å². The van der Waals surface area contributed by atoms with Crippen molar-refractivity contribution in [2.24, 2.45) is 0 Å². The third kappa shape index (κ3) is 3.56. The third-order valence-corrected chi connectivity index (χ3v) is 2.85. The Morgan fingerprint density at radius 3 is 2.62 bits per heavy atom. The quantitative estimate of drug-likeness (QED) is 0.858. The summed E-state index contributed by atoms with van der Waals surface area (Å²) < 4.78 is 49.7. The van der Waals surface area contributed by atoms with E-state index in [9.17, 15) is 17.2 Å². The van der Waals surface area contributed by atoms with Crippen molar-refractivity contribution in [3.63, 3.8) is 0 Å². The molecule has 0 fully saturated rings. The first-order valence-corrected chi connectivity index (χ1v) is 5.88. The van der Waals surface area contributed by atoms with Gasteiger partial charge in [0.05, 0.1) is 6.07 Å². The highest BCUT2D eigenvalue weighted by Gasteiger charge is 2.11. The van der Waals surface area contributed by atoms with Crippen molar-refractivity contribution in [1.82, 2.24) is 4.72 Å². The standard InChI is InChI=1S/C9H8F2N2O2S/c10-8-2-1-7(9(11)5-8)6-13-16(14,15)4-3-12/h1-2,5,13H,4,6H2. The molecule has 0 saturated carbocycles. The fourth-order valence-corrected chi connectivity index (χ4v) is 1.64. The maximum Gasteiger partial charge on any atom is 0.225 e. The lowest BCUT2D eigenvalue weighted by molar-refractivity contribution is 0.563. The Bertz CT molecular complexity index is 523. The van der Waals surface area contributed by atoms with Crippen LogP contribution in [0.25, 0.3) is 0 Å². The van der Waals surface area contributed by atoms with Gasteiger partial charge in [0.1, 0.15) is 11.6 Å². The van der Waals surface area contributed by atoms with Crippen molar-refractivity contribution in [2.75, 3.05) is 5.75 Å². The van der Waals surface area contributed by atoms with Crippen molar-refractivity contribution in [3.05, 3.63) is 35.4 Å². The van der Waals surface area contributed by atoms with Crippen LogP contribution in [0.15, 0.2) is 18.2 Å². The summed E-state index contributed by atoms with van der Waals surface area (Å²) in [6.07, 6.45) is 0. The maximum absolute atomic E-state index is 13.1. The van der Waals surface area contributed by atoms with E-state index in [1.165, 1.54) is 6.07 Å². The van der Waals surface area contributed by atoms with Crippen molar-refractivity contribution in [1.29, 1.82) is 5.26 Å². The van der Waals surface area contributed by atoms with E-state index >= 15 is 0 Å². The lowest BCUT2D eigenvalue weighted by atomic mass is 10.2. The first kappa shape index (κ1) is 12.5. The molecule has 0 unspecified atom stereocenters. The topological polar surface area (TPSA) is 70.0 Å². The summed E-state index contributed by atoms with van der Waals surface area (Å²) in [6.45, 7) is -0.309. The lowest BCUT2D eigenvalue weighted by Gasteiger charge is -2.04. The molecular weight excluding hydrogens is 238 g/mol. The highest BCUT2D eigenvalue weighted by Crippen LogP contribution is 2.09. The maximum atomic E-state index is 13.1. The molecule has 0 aliphatic carbocycles. The predicted molar refractivity (Wildman–Crippen MR) is 52.6 cm³/mol. The molecule has 0 bridgehead atoms. The predicted octanol–water partition coefficient (Wildman–Crippen LogP) is 0.908. The molecule has 0 aromatic heterocycles. The molecule has 7 heteroatoms. The molecule has 0 aliphatic rings. The zero-order valence-corrected chi connectivity index (χ0v) is 8.89. The second kappa shape index (κ2) is 5.01. The second-order valence-electron chi connectivity index (χ2n) is 2.97. The Kier molecular flexibility index (Phi) is 3.93. The summed E-state index contributed by atoms with van der Waals surface area (Å²) in [6, 6.07) is 4.29. The molecule has 0 aliphatic heterocycles. The summed E-state index contributed by atoms with van der Waals surface area (Å²) >= 11 is 0. The van der Waals surface area contributed by atoms with Crippen molar-refractivity contribution >= 4 is 10.0 Å². The average Bonchev–Trinajstić information content (AvgIpc) is 2.16. The van der Waals surface area contributed by atoms with Gasteiger partial charge in [0.15, 0.2) is 5.75 Å². The van der Waals surface area contributed by atoms with E-state index in [2.05, 4.69) is 0 Å². The van der Waals surface area contributed by atoms with Crippen LogP contribution in [0.4, 0.5) is 8.78 Å². The van der Waals surface area contributed by atoms with Crippen LogP contribution in [-0.2, 0) is 16.6 Å². The second-order valence-corrected chi connectivity index (χ2v) is 4.78. The molecular formula is C9H8F2N2O2S. The summed E-state index contributed by atoms with van der Waals surface area (Å²) in [5.74, 6) is -2.27. The van der Waals surface area contributed by atoms with Gasteiger partial charge < -0.3 is 0 Å². The van der Waals surface area contributed by atoms with Gasteiger partial charge in [-0.2, -0.15) is 5.26 Å². The minimum absolute atomic E-state index is 0.0166. The van der Waals surface area contributed by atoms with E-state index in [1.807, 2.05) is 4.72 Å². The van der Waals surface area contributed by atoms with E-state index in [4.69, 9.17) is 5.26 Å². The molecule has 86 valence electrons. The largest absolute Gasteiger partial charge is 0.225 e. The number of hydrogen-bond donors (Lipinski definition) is 1. The van der Waals surface area contributed by atoms with Crippen molar-refractivity contribution in [2.45, 2.75) is 6.54 Å². The molecule has 0 heterocycles. The van der Waals surface area contributed by atoms with Gasteiger partial charge in [-0.25, -0.2) is 21.9 Å². The number of nitrogens with zero attached hydrogens (tertiary/aromatic N) is 1. The van der Waals surface area contributed by atoms with Gasteiger partial charge in [0.2, 0.25) is 10.0 Å². The van der Waals surface area contributed by atoms with Gasteiger partial charge in [-0.15, -0.1) is 0 Å². The van der Waals surface area contributed by atoms with E-state index in [0.717, 1.165) is 12.1 Å². The molecule has 1 rings (SSSR count). The first-order chi connectivity index (χ1) is 7.44. The SMILES string of the molecule is N#CCS(=O)(=O)NCc1ccc(F)cc1F. The van der Waals surface area contributed by atoms with Crippen LogP contribution in [-0.4, -0.2) is 14.2 Å². The van der Waals surface area contributed by atoms with Crippen LogP contribution < -0.4 is 4.72 Å². The lowest BCUT2D eigenvalue weighted by Crippen LogP contribution is -2.25. The summed E-state index contributed by atoms with van der Waals surface area (Å²) in [4.78, 5) is 0. The highest BCUT2D eigenvalue weighted by atomic mass is 32.2. The molecule has 0 amide bonds. The van der Waals surface area contributed by atoms with Crippen LogP contribution >= 0.6 is 0 Å². The summed E-state index contributed by atoms with van der Waals surface area (Å²) in [5, 5.41) is 8.20. The molecule has 0 spiro atoms. The zero-order chi connectivity index (χ0) is 12.2. The number of nitrogens with one attached hydrogen (secondary N) is 1. The summed E-state index contributed by atoms with van der Waals surface area (Å²) in [5.41, 5.74) is 0.0166. The highest BCUT2D eigenvalue weighted by molar-refractivity contribution is 7.89. The van der Waals surface area contributed by atoms with Crippen LogP contribution in [0.3, 0.4) is 0 Å². The number of hydrogen-bond acceptors (Lipinski definition) is 3. The Morgan fingerprint density at radius 2 is 2.06 bits per heavy atom. The minimum Gasteiger partial charge on any atom is -0.211 e. The van der Waals surface area contributed by atoms with Crippen LogP contribution in [0.2, 0.25) is 0 Å². The average molecular weight is 246 g/mol. The Morgan fingerprint density at radius 1 is 1.38 bits per heavy atom. The first-order valence-electron chi connectivity index (χ1n) is 4.23. The fourth-order valence-electron chi connectivity index (χ4n) is 0.989. The molecule has 1 N–H and O–H groups in total. The van der Waals surface area contributed by atoms with E-state index in [-0.39, 0.29) is 12.1 Å². The smallest absolute Gasteiger partial charge is 0.211 e. The Labute approximate surface area is 91.6 Å². The monoisotopic (exact) mass is 246 g/mol. The summed E-state index contributed by atoms with van der Waals surface area (Å²) in [7, 11) is -3.73. The zero-order valence-electron chi connectivity index (χ0n) is 8.07. The van der Waals surface area contributed by atoms with Gasteiger partial charge in [-0.3, -0.25) is 0 Å². The van der Waals surface area contributed by atoms with Crippen molar-refractivity contribution in [3.8, 4) is 6.07 Å². The van der Waals surface area contributed by atoms with Gasteiger partial charge in [0.25, 0.3) is 0 Å². The fraction of sp³-hybridized carbons (Fsp3) is 0.222. The van der Waals surface area contributed by atoms with Gasteiger partial charge in [0, 0.05) is 18.2 Å².